The number of thiophene rings is 1. The minimum absolute atomic E-state index is 0.164. The number of hydrogen-bond donors (Lipinski definition) is 1. The molecule has 34 heavy (non-hydrogen) atoms. The number of nitriles is 1. The van der Waals surface area contributed by atoms with Gasteiger partial charge in [0, 0.05) is 16.1 Å². The van der Waals surface area contributed by atoms with E-state index in [0.29, 0.717) is 50.3 Å². The molecule has 4 heterocycles. The predicted octanol–water partition coefficient (Wildman–Crippen LogP) is 5.24. The summed E-state index contributed by atoms with van der Waals surface area (Å²) in [6.07, 6.45) is 2.85. The first-order valence-electron chi connectivity index (χ1n) is 11.0. The van der Waals surface area contributed by atoms with E-state index in [1.54, 1.807) is 19.1 Å². The third-order valence-corrected chi connectivity index (χ3v) is 7.49. The number of aromatic nitrogens is 2. The standard InChI is InChI=1S/C25H20N4O4S/c1-12-3-5-15-17(10-26)25(34-20(15)7-12)28-23(30)16-8-13(2)27-24-21(16)22(29-33-24)14-4-6-18-19(9-14)32-11-31-18/h4,6,8-9,12H,3,5,7,11H2,1-2H3,(H,28,30). The lowest BCUT2D eigenvalue weighted by Crippen LogP contribution is -2.13. The van der Waals surface area contributed by atoms with E-state index in [0.717, 1.165) is 30.4 Å². The number of pyridine rings is 1. The molecule has 0 saturated heterocycles. The number of amides is 1. The van der Waals surface area contributed by atoms with Crippen molar-refractivity contribution in [1.29, 1.82) is 5.26 Å². The highest BCUT2D eigenvalue weighted by Gasteiger charge is 2.27. The number of hydrogen-bond acceptors (Lipinski definition) is 8. The second kappa shape index (κ2) is 7.85. The average molecular weight is 473 g/mol. The summed E-state index contributed by atoms with van der Waals surface area (Å²) < 4.78 is 16.4. The van der Waals surface area contributed by atoms with E-state index >= 15 is 0 Å². The van der Waals surface area contributed by atoms with Crippen molar-refractivity contribution < 1.29 is 18.8 Å². The van der Waals surface area contributed by atoms with Gasteiger partial charge in [0.1, 0.15) is 16.8 Å². The summed E-state index contributed by atoms with van der Waals surface area (Å²) in [7, 11) is 0. The van der Waals surface area contributed by atoms with Gasteiger partial charge in [-0.25, -0.2) is 4.98 Å². The summed E-state index contributed by atoms with van der Waals surface area (Å²) in [6, 6.07) is 9.47. The van der Waals surface area contributed by atoms with Crippen LogP contribution in [0.15, 0.2) is 28.8 Å². The van der Waals surface area contributed by atoms with Gasteiger partial charge in [-0.05, 0) is 61.9 Å². The molecule has 0 spiro atoms. The number of nitrogens with zero attached hydrogens (tertiary/aromatic N) is 3. The van der Waals surface area contributed by atoms with Gasteiger partial charge in [0.15, 0.2) is 11.5 Å². The van der Waals surface area contributed by atoms with Crippen LogP contribution >= 0.6 is 11.3 Å². The van der Waals surface area contributed by atoms with Crippen molar-refractivity contribution in [1.82, 2.24) is 10.1 Å². The van der Waals surface area contributed by atoms with Crippen LogP contribution in [0.5, 0.6) is 11.5 Å². The number of anilines is 1. The van der Waals surface area contributed by atoms with Gasteiger partial charge in [-0.3, -0.25) is 4.79 Å². The van der Waals surface area contributed by atoms with E-state index in [1.807, 2.05) is 12.1 Å². The molecule has 8 nitrogen and oxygen atoms in total. The monoisotopic (exact) mass is 472 g/mol. The summed E-state index contributed by atoms with van der Waals surface area (Å²) in [6.45, 7) is 4.18. The van der Waals surface area contributed by atoms with Crippen LogP contribution in [-0.2, 0) is 12.8 Å². The summed E-state index contributed by atoms with van der Waals surface area (Å²) in [5.74, 6) is 1.51. The molecule has 2 aliphatic rings. The summed E-state index contributed by atoms with van der Waals surface area (Å²) >= 11 is 1.50. The SMILES string of the molecule is Cc1cc(C(=O)Nc2sc3c(c2C#N)CCC(C)C3)c2c(-c3ccc4c(c3)OCO4)noc2n1. The number of nitrogens with one attached hydrogen (secondary N) is 1. The first-order chi connectivity index (χ1) is 16.5. The second-order valence-corrected chi connectivity index (χ2v) is 9.82. The lowest BCUT2D eigenvalue weighted by Gasteiger charge is -2.17. The van der Waals surface area contributed by atoms with Crippen molar-refractivity contribution in [2.75, 3.05) is 12.1 Å². The fourth-order valence-corrected chi connectivity index (χ4v) is 5.98. The first-order valence-corrected chi connectivity index (χ1v) is 11.9. The number of fused-ring (bicyclic) bond motifs is 3. The zero-order valence-electron chi connectivity index (χ0n) is 18.6. The molecule has 1 aliphatic heterocycles. The molecule has 1 atom stereocenters. The highest BCUT2D eigenvalue weighted by molar-refractivity contribution is 7.16. The topological polar surface area (TPSA) is 110 Å². The second-order valence-electron chi connectivity index (χ2n) is 8.71. The van der Waals surface area contributed by atoms with E-state index < -0.39 is 0 Å². The van der Waals surface area contributed by atoms with Crippen LogP contribution < -0.4 is 14.8 Å². The molecule has 3 aromatic heterocycles. The molecule has 0 bridgehead atoms. The van der Waals surface area contributed by atoms with Crippen LogP contribution in [0.3, 0.4) is 0 Å². The zero-order chi connectivity index (χ0) is 23.4. The van der Waals surface area contributed by atoms with Gasteiger partial charge in [-0.2, -0.15) is 5.26 Å². The van der Waals surface area contributed by atoms with Crippen LogP contribution in [0, 0.1) is 24.2 Å². The fourth-order valence-electron chi connectivity index (χ4n) is 4.62. The van der Waals surface area contributed by atoms with E-state index in [-0.39, 0.29) is 18.4 Å². The highest BCUT2D eigenvalue weighted by atomic mass is 32.1. The molecule has 1 amide bonds. The summed E-state index contributed by atoms with van der Waals surface area (Å²) in [4.78, 5) is 19.2. The van der Waals surface area contributed by atoms with Gasteiger partial charge in [-0.15, -0.1) is 11.3 Å². The average Bonchev–Trinajstić information content (AvgIpc) is 3.53. The number of ether oxygens (including phenoxy) is 2. The van der Waals surface area contributed by atoms with E-state index in [4.69, 9.17) is 14.0 Å². The molecule has 1 aliphatic carbocycles. The Labute approximate surface area is 199 Å². The van der Waals surface area contributed by atoms with Crippen molar-refractivity contribution in [3.05, 3.63) is 51.5 Å². The first kappa shape index (κ1) is 20.7. The molecule has 1 aromatic carbocycles. The third kappa shape index (κ3) is 3.30. The molecule has 6 rings (SSSR count). The lowest BCUT2D eigenvalue weighted by molar-refractivity contribution is 0.102. The number of carbonyl (C=O) groups excluding carboxylic acids is 1. The van der Waals surface area contributed by atoms with Crippen molar-refractivity contribution >= 4 is 33.3 Å². The molecule has 1 N–H and O–H groups in total. The van der Waals surface area contributed by atoms with Crippen LogP contribution in [0.1, 0.15) is 45.4 Å². The summed E-state index contributed by atoms with van der Waals surface area (Å²) in [5.41, 5.74) is 4.15. The maximum atomic E-state index is 13.5. The Hall–Kier alpha value is -3.90. The Morgan fingerprint density at radius 3 is 2.97 bits per heavy atom. The zero-order valence-corrected chi connectivity index (χ0v) is 19.4. The predicted molar refractivity (Wildman–Crippen MR) is 126 cm³/mol. The Kier molecular flexibility index (Phi) is 4.78. The fraction of sp³-hybridized carbons (Fsp3) is 0.280. The molecular weight excluding hydrogens is 452 g/mol. The third-order valence-electron chi connectivity index (χ3n) is 6.32. The Morgan fingerprint density at radius 1 is 1.26 bits per heavy atom. The van der Waals surface area contributed by atoms with E-state index in [9.17, 15) is 10.1 Å². The maximum absolute atomic E-state index is 13.5. The minimum Gasteiger partial charge on any atom is -0.454 e. The van der Waals surface area contributed by atoms with Gasteiger partial charge < -0.3 is 19.3 Å². The van der Waals surface area contributed by atoms with Crippen LogP contribution in [0.2, 0.25) is 0 Å². The quantitative estimate of drug-likeness (QED) is 0.434. The van der Waals surface area contributed by atoms with Gasteiger partial charge >= 0.3 is 0 Å². The van der Waals surface area contributed by atoms with Crippen LogP contribution in [-0.4, -0.2) is 22.8 Å². The molecule has 1 unspecified atom stereocenters. The molecule has 9 heteroatoms. The molecule has 0 fully saturated rings. The number of benzene rings is 1. The molecular formula is C25H20N4O4S. The van der Waals surface area contributed by atoms with Crippen molar-refractivity contribution in [3.63, 3.8) is 0 Å². The molecule has 170 valence electrons. The minimum atomic E-state index is -0.330. The maximum Gasteiger partial charge on any atom is 0.259 e. The van der Waals surface area contributed by atoms with E-state index in [2.05, 4.69) is 28.5 Å². The van der Waals surface area contributed by atoms with Crippen molar-refractivity contribution in [2.45, 2.75) is 33.1 Å². The van der Waals surface area contributed by atoms with Crippen molar-refractivity contribution in [2.24, 2.45) is 5.92 Å². The van der Waals surface area contributed by atoms with Gasteiger partial charge in [-0.1, -0.05) is 12.1 Å². The summed E-state index contributed by atoms with van der Waals surface area (Å²) in [5, 5.41) is 18.1. The molecule has 0 saturated carbocycles. The van der Waals surface area contributed by atoms with Crippen LogP contribution in [0.4, 0.5) is 5.00 Å². The number of carbonyl (C=O) groups is 1. The Balaban J connectivity index is 1.42. The van der Waals surface area contributed by atoms with Crippen LogP contribution in [0.25, 0.3) is 22.4 Å². The number of aryl methyl sites for hydroxylation is 1. The normalized spacial score (nSPS) is 16.3. The molecule has 4 aromatic rings. The largest absolute Gasteiger partial charge is 0.454 e. The molecule has 0 radical (unpaired) electrons. The van der Waals surface area contributed by atoms with E-state index in [1.165, 1.54) is 16.2 Å². The smallest absolute Gasteiger partial charge is 0.259 e. The number of rotatable bonds is 3. The Morgan fingerprint density at radius 2 is 2.12 bits per heavy atom. The highest BCUT2D eigenvalue weighted by Crippen LogP contribution is 2.41. The van der Waals surface area contributed by atoms with Gasteiger partial charge in [0.25, 0.3) is 11.6 Å². The lowest BCUT2D eigenvalue weighted by atomic mass is 9.88. The van der Waals surface area contributed by atoms with Gasteiger partial charge in [0.2, 0.25) is 6.79 Å². The van der Waals surface area contributed by atoms with Crippen molar-refractivity contribution in [3.8, 4) is 28.8 Å². The van der Waals surface area contributed by atoms with Gasteiger partial charge in [0.05, 0.1) is 16.5 Å². The Bertz CT molecular complexity index is 1510.